The van der Waals surface area contributed by atoms with Gasteiger partial charge in [-0.25, -0.2) is 4.98 Å². The van der Waals surface area contributed by atoms with Gasteiger partial charge in [-0.3, -0.25) is 4.98 Å². The molecule has 0 N–H and O–H groups in total. The Morgan fingerprint density at radius 3 is 2.25 bits per heavy atom. The van der Waals surface area contributed by atoms with Crippen molar-refractivity contribution in [3.8, 4) is 12.3 Å². The van der Waals surface area contributed by atoms with Gasteiger partial charge in [-0.1, -0.05) is 51.6 Å². The molecule has 1 aromatic carbocycles. The van der Waals surface area contributed by atoms with E-state index in [-0.39, 0.29) is 10.8 Å². The Hall–Kier alpha value is -2.40. The summed E-state index contributed by atoms with van der Waals surface area (Å²) in [5, 5.41) is 0. The Morgan fingerprint density at radius 1 is 1.12 bits per heavy atom. The molecular weight excluding hydrogens is 292 g/mol. The van der Waals surface area contributed by atoms with Crippen LogP contribution >= 0.6 is 0 Å². The summed E-state index contributed by atoms with van der Waals surface area (Å²) in [6.07, 6.45) is 12.8. The molecule has 0 spiro atoms. The molecule has 0 aliphatic carbocycles. The van der Waals surface area contributed by atoms with Crippen LogP contribution in [0.4, 0.5) is 0 Å². The molecule has 1 heterocycles. The molecule has 24 heavy (non-hydrogen) atoms. The van der Waals surface area contributed by atoms with Crippen molar-refractivity contribution in [1.82, 2.24) is 9.97 Å². The van der Waals surface area contributed by atoms with E-state index in [9.17, 15) is 0 Å². The van der Waals surface area contributed by atoms with Crippen LogP contribution in [0.3, 0.4) is 0 Å². The second kappa shape index (κ2) is 7.93. The number of allylic oxidation sites excluding steroid dienone is 1. The molecule has 2 rings (SSSR count). The van der Waals surface area contributed by atoms with E-state index in [0.29, 0.717) is 0 Å². The molecule has 0 radical (unpaired) electrons. The van der Waals surface area contributed by atoms with Crippen LogP contribution in [0, 0.1) is 23.2 Å². The van der Waals surface area contributed by atoms with E-state index in [1.807, 2.05) is 32.9 Å². The number of rotatable bonds is 2. The average Bonchev–Trinajstić information content (AvgIpc) is 2.51. The normalized spacial score (nSPS) is 11.7. The van der Waals surface area contributed by atoms with Gasteiger partial charge in [-0.2, -0.15) is 0 Å². The van der Waals surface area contributed by atoms with Crippen LogP contribution in [-0.2, 0) is 0 Å². The minimum absolute atomic E-state index is 0.0694. The summed E-state index contributed by atoms with van der Waals surface area (Å²) in [6, 6.07) is 6.04. The van der Waals surface area contributed by atoms with Crippen LogP contribution in [0.15, 0.2) is 37.1 Å². The number of hydrogen-bond acceptors (Lipinski definition) is 2. The van der Waals surface area contributed by atoms with E-state index in [2.05, 4.69) is 61.5 Å². The Balaban J connectivity index is 0.000000413. The molecule has 0 bridgehead atoms. The topological polar surface area (TPSA) is 25.8 Å². The fourth-order valence-electron chi connectivity index (χ4n) is 1.65. The smallest absolute Gasteiger partial charge is 0.0959 e. The average molecular weight is 320 g/mol. The van der Waals surface area contributed by atoms with Crippen LogP contribution in [0.5, 0.6) is 0 Å². The van der Waals surface area contributed by atoms with Gasteiger partial charge in [0, 0.05) is 11.0 Å². The van der Waals surface area contributed by atoms with Gasteiger partial charge >= 0.3 is 0 Å². The van der Waals surface area contributed by atoms with Gasteiger partial charge in [0.15, 0.2) is 0 Å². The summed E-state index contributed by atoms with van der Waals surface area (Å²) in [7, 11) is 0. The van der Waals surface area contributed by atoms with Crippen molar-refractivity contribution >= 4 is 23.2 Å². The molecule has 0 atom stereocenters. The van der Waals surface area contributed by atoms with Crippen LogP contribution < -0.4 is 0 Å². The zero-order valence-electron chi connectivity index (χ0n) is 15.7. The highest BCUT2D eigenvalue weighted by Gasteiger charge is 2.06. The Bertz CT molecular complexity index is 763. The van der Waals surface area contributed by atoms with E-state index in [4.69, 9.17) is 6.42 Å². The third-order valence-corrected chi connectivity index (χ3v) is 3.03. The number of nitrogens with zero attached hydrogens (tertiary/aromatic N) is 2. The maximum Gasteiger partial charge on any atom is 0.0959 e. The first-order chi connectivity index (χ1) is 11.1. The molecule has 0 saturated carbocycles. The zero-order valence-corrected chi connectivity index (χ0v) is 15.7. The Kier molecular flexibility index (Phi) is 6.49. The highest BCUT2D eigenvalue weighted by atomic mass is 14.8. The van der Waals surface area contributed by atoms with Gasteiger partial charge in [0.1, 0.15) is 0 Å². The summed E-state index contributed by atoms with van der Waals surface area (Å²) >= 11 is 0. The largest absolute Gasteiger partial charge is 0.252 e. The van der Waals surface area contributed by atoms with E-state index < -0.39 is 0 Å². The molecule has 2 heteroatoms. The van der Waals surface area contributed by atoms with E-state index in [1.54, 1.807) is 12.3 Å². The van der Waals surface area contributed by atoms with Crippen LogP contribution in [0.2, 0.25) is 0 Å². The number of aromatic nitrogens is 2. The minimum atomic E-state index is 0.0694. The van der Waals surface area contributed by atoms with Gasteiger partial charge in [0.2, 0.25) is 0 Å². The highest BCUT2D eigenvalue weighted by molar-refractivity contribution is 5.84. The number of terminal acetylenes is 1. The summed E-state index contributed by atoms with van der Waals surface area (Å²) in [5.41, 5.74) is 3.98. The lowest BCUT2D eigenvalue weighted by atomic mass is 9.95. The molecule has 1 aromatic heterocycles. The monoisotopic (exact) mass is 320 g/mol. The summed E-state index contributed by atoms with van der Waals surface area (Å²) < 4.78 is 0. The maximum absolute atomic E-state index is 5.06. The molecular formula is C22H28N2. The molecule has 126 valence electrons. The Morgan fingerprint density at radius 2 is 1.75 bits per heavy atom. The first-order valence-corrected chi connectivity index (χ1v) is 8.11. The number of benzene rings is 1. The SMILES string of the molecule is C#CC(C)(C)C.C=Cc1cnc2c(/C=C/C(C)(C)C)cccc2n1. The quantitative estimate of drug-likeness (QED) is 0.634. The van der Waals surface area contributed by atoms with Crippen molar-refractivity contribution in [2.75, 3.05) is 0 Å². The van der Waals surface area contributed by atoms with E-state index in [0.717, 1.165) is 22.3 Å². The number of para-hydroxylation sites is 1. The van der Waals surface area contributed by atoms with Gasteiger partial charge < -0.3 is 0 Å². The zero-order chi connectivity index (χ0) is 18.4. The fraction of sp³-hybridized carbons (Fsp3) is 0.364. The second-order valence-electron chi connectivity index (χ2n) is 7.81. The van der Waals surface area contributed by atoms with Crippen molar-refractivity contribution in [3.05, 3.63) is 48.3 Å². The second-order valence-corrected chi connectivity index (χ2v) is 7.81. The van der Waals surface area contributed by atoms with Crippen molar-refractivity contribution in [3.63, 3.8) is 0 Å². The predicted octanol–water partition coefficient (Wildman–Crippen LogP) is 6.00. The van der Waals surface area contributed by atoms with Crippen LogP contribution in [-0.4, -0.2) is 9.97 Å². The fourth-order valence-corrected chi connectivity index (χ4v) is 1.65. The lowest BCUT2D eigenvalue weighted by Crippen LogP contribution is -1.98. The Labute approximate surface area is 146 Å². The summed E-state index contributed by atoms with van der Waals surface area (Å²) in [6.45, 7) is 16.3. The maximum atomic E-state index is 5.06. The lowest BCUT2D eigenvalue weighted by Gasteiger charge is -2.11. The van der Waals surface area contributed by atoms with Gasteiger partial charge in [-0.15, -0.1) is 12.3 Å². The van der Waals surface area contributed by atoms with Crippen LogP contribution in [0.25, 0.3) is 23.2 Å². The molecule has 0 unspecified atom stereocenters. The van der Waals surface area contributed by atoms with E-state index >= 15 is 0 Å². The van der Waals surface area contributed by atoms with Crippen molar-refractivity contribution in [1.29, 1.82) is 0 Å². The molecule has 0 saturated heterocycles. The minimum Gasteiger partial charge on any atom is -0.252 e. The standard InChI is InChI=1S/C16H18N2.C6H10/c1-5-13-11-17-15-12(9-10-16(2,3)4)7-6-8-14(15)18-13;1-5-6(2,3)4/h5-11H,1H2,2-4H3;1H,2-4H3/b10-9+;. The molecule has 0 aliphatic rings. The summed E-state index contributed by atoms with van der Waals surface area (Å²) in [5.74, 6) is 2.60. The number of hydrogen-bond donors (Lipinski definition) is 0. The van der Waals surface area contributed by atoms with Gasteiger partial charge in [-0.05, 0) is 38.3 Å². The third-order valence-electron chi connectivity index (χ3n) is 3.03. The van der Waals surface area contributed by atoms with E-state index in [1.165, 1.54) is 0 Å². The van der Waals surface area contributed by atoms with Gasteiger partial charge in [0.05, 0.1) is 22.9 Å². The molecule has 0 amide bonds. The predicted molar refractivity (Wildman–Crippen MR) is 106 cm³/mol. The first kappa shape index (κ1) is 19.6. The van der Waals surface area contributed by atoms with Crippen molar-refractivity contribution < 1.29 is 0 Å². The van der Waals surface area contributed by atoms with Crippen molar-refractivity contribution in [2.24, 2.45) is 10.8 Å². The summed E-state index contributed by atoms with van der Waals surface area (Å²) in [4.78, 5) is 8.95. The molecule has 0 aliphatic heterocycles. The molecule has 0 fully saturated rings. The van der Waals surface area contributed by atoms with Crippen LogP contribution in [0.1, 0.15) is 52.8 Å². The van der Waals surface area contributed by atoms with Crippen molar-refractivity contribution in [2.45, 2.75) is 41.5 Å². The lowest BCUT2D eigenvalue weighted by molar-refractivity contribution is 0.547. The molecule has 2 nitrogen and oxygen atoms in total. The highest BCUT2D eigenvalue weighted by Crippen LogP contribution is 2.21. The third kappa shape index (κ3) is 6.79. The first-order valence-electron chi connectivity index (χ1n) is 8.11. The molecule has 2 aromatic rings. The number of fused-ring (bicyclic) bond motifs is 1. The van der Waals surface area contributed by atoms with Gasteiger partial charge in [0.25, 0.3) is 0 Å².